The van der Waals surface area contributed by atoms with Crippen molar-refractivity contribution in [1.82, 2.24) is 0 Å². The van der Waals surface area contributed by atoms with E-state index in [1.54, 1.807) is 7.11 Å². The van der Waals surface area contributed by atoms with E-state index in [1.807, 2.05) is 36.4 Å². The lowest BCUT2D eigenvalue weighted by atomic mass is 10.2. The Morgan fingerprint density at radius 3 is 2.70 bits per heavy atom. The highest BCUT2D eigenvalue weighted by Crippen LogP contribution is 2.19. The molecule has 0 fully saturated rings. The molecule has 0 aromatic heterocycles. The number of methoxy groups -OCH3 is 1. The lowest BCUT2D eigenvalue weighted by Crippen LogP contribution is -2.05. The molecule has 0 bridgehead atoms. The number of benzene rings is 2. The normalized spacial score (nSPS) is 10.3. The van der Waals surface area contributed by atoms with Crippen LogP contribution in [0.2, 0.25) is 0 Å². The number of halogens is 1. The summed E-state index contributed by atoms with van der Waals surface area (Å²) in [4.78, 5) is 0. The summed E-state index contributed by atoms with van der Waals surface area (Å²) in [5.41, 5.74) is 2.27. The summed E-state index contributed by atoms with van der Waals surface area (Å²) < 4.78 is 11.6. The van der Waals surface area contributed by atoms with Crippen molar-refractivity contribution in [2.75, 3.05) is 25.6 Å². The van der Waals surface area contributed by atoms with Gasteiger partial charge in [-0.3, -0.25) is 0 Å². The van der Waals surface area contributed by atoms with Crippen LogP contribution in [0.4, 0.5) is 5.69 Å². The average Bonchev–Trinajstić information content (AvgIpc) is 2.46. The molecule has 0 aliphatic heterocycles. The van der Waals surface area contributed by atoms with Crippen LogP contribution in [0.1, 0.15) is 5.56 Å². The van der Waals surface area contributed by atoms with Gasteiger partial charge in [0, 0.05) is 29.9 Å². The summed E-state index contributed by atoms with van der Waals surface area (Å²) in [7, 11) is 1.67. The Labute approximate surface area is 128 Å². The van der Waals surface area contributed by atoms with E-state index in [0.717, 1.165) is 22.5 Å². The van der Waals surface area contributed by atoms with Crippen molar-refractivity contribution in [3.8, 4) is 5.75 Å². The molecule has 0 atom stereocenters. The zero-order valence-corrected chi connectivity index (χ0v) is 13.0. The summed E-state index contributed by atoms with van der Waals surface area (Å²) in [6, 6.07) is 16.2. The van der Waals surface area contributed by atoms with E-state index in [2.05, 4.69) is 33.4 Å². The van der Waals surface area contributed by atoms with Crippen molar-refractivity contribution < 1.29 is 9.47 Å². The van der Waals surface area contributed by atoms with Crippen molar-refractivity contribution in [3.05, 3.63) is 58.6 Å². The molecule has 0 radical (unpaired) electrons. The molecule has 4 heteroatoms. The fourth-order valence-electron chi connectivity index (χ4n) is 1.79. The predicted octanol–water partition coefficient (Wildman–Crippen LogP) is 4.09. The molecule has 0 aliphatic carbocycles. The predicted molar refractivity (Wildman–Crippen MR) is 85.3 cm³/mol. The molecular formula is C16H18BrNO2. The molecule has 2 rings (SSSR count). The third-order valence-electron chi connectivity index (χ3n) is 2.78. The second kappa shape index (κ2) is 7.92. The van der Waals surface area contributed by atoms with Crippen molar-refractivity contribution >= 4 is 21.6 Å². The van der Waals surface area contributed by atoms with Gasteiger partial charge in [0.15, 0.2) is 0 Å². The summed E-state index contributed by atoms with van der Waals surface area (Å²) >= 11 is 3.48. The first-order valence-corrected chi connectivity index (χ1v) is 7.27. The first kappa shape index (κ1) is 14.9. The topological polar surface area (TPSA) is 30.5 Å². The maximum absolute atomic E-state index is 5.59. The number of anilines is 1. The van der Waals surface area contributed by atoms with Crippen LogP contribution in [0, 0.1) is 0 Å². The lowest BCUT2D eigenvalue weighted by molar-refractivity contribution is 0.146. The monoisotopic (exact) mass is 335 g/mol. The van der Waals surface area contributed by atoms with Gasteiger partial charge in [0.25, 0.3) is 0 Å². The maximum Gasteiger partial charge on any atom is 0.121 e. The number of rotatable bonds is 7. The minimum Gasteiger partial charge on any atom is -0.491 e. The summed E-state index contributed by atoms with van der Waals surface area (Å²) in [5.74, 6) is 0.848. The molecule has 0 amide bonds. The fraction of sp³-hybridized carbons (Fsp3) is 0.250. The zero-order valence-electron chi connectivity index (χ0n) is 11.4. The zero-order chi connectivity index (χ0) is 14.2. The standard InChI is InChI=1S/C16H18BrNO2/c1-19-8-9-20-16-7-3-6-15(11-16)18-12-13-4-2-5-14(17)10-13/h2-7,10-11,18H,8-9,12H2,1H3. The first-order chi connectivity index (χ1) is 9.78. The molecular weight excluding hydrogens is 318 g/mol. The Kier molecular flexibility index (Phi) is 5.89. The summed E-state index contributed by atoms with van der Waals surface area (Å²) in [5, 5.41) is 3.39. The minimum absolute atomic E-state index is 0.561. The lowest BCUT2D eigenvalue weighted by Gasteiger charge is -2.10. The Morgan fingerprint density at radius 2 is 1.90 bits per heavy atom. The first-order valence-electron chi connectivity index (χ1n) is 6.48. The largest absolute Gasteiger partial charge is 0.491 e. The molecule has 1 N–H and O–H groups in total. The third kappa shape index (κ3) is 4.87. The van der Waals surface area contributed by atoms with Gasteiger partial charge < -0.3 is 14.8 Å². The van der Waals surface area contributed by atoms with Gasteiger partial charge in [-0.2, -0.15) is 0 Å². The molecule has 2 aromatic carbocycles. The van der Waals surface area contributed by atoms with Crippen molar-refractivity contribution in [2.45, 2.75) is 6.54 Å². The number of hydrogen-bond donors (Lipinski definition) is 1. The smallest absolute Gasteiger partial charge is 0.121 e. The second-order valence-electron chi connectivity index (χ2n) is 4.35. The number of hydrogen-bond acceptors (Lipinski definition) is 3. The Hall–Kier alpha value is -1.52. The molecule has 2 aromatic rings. The van der Waals surface area contributed by atoms with Crippen LogP contribution in [-0.2, 0) is 11.3 Å². The van der Waals surface area contributed by atoms with Crippen molar-refractivity contribution in [2.24, 2.45) is 0 Å². The molecule has 20 heavy (non-hydrogen) atoms. The van der Waals surface area contributed by atoms with Crippen LogP contribution in [-0.4, -0.2) is 20.3 Å². The van der Waals surface area contributed by atoms with Gasteiger partial charge in [0.05, 0.1) is 6.61 Å². The highest BCUT2D eigenvalue weighted by atomic mass is 79.9. The Bertz CT molecular complexity index is 546. The number of nitrogens with one attached hydrogen (secondary N) is 1. The van der Waals surface area contributed by atoms with Crippen LogP contribution in [0.25, 0.3) is 0 Å². The third-order valence-corrected chi connectivity index (χ3v) is 3.27. The summed E-state index contributed by atoms with van der Waals surface area (Å²) in [6.07, 6.45) is 0. The van der Waals surface area contributed by atoms with Crippen LogP contribution >= 0.6 is 15.9 Å². The minimum atomic E-state index is 0.561. The van der Waals surface area contributed by atoms with E-state index < -0.39 is 0 Å². The molecule has 0 aliphatic rings. The SMILES string of the molecule is COCCOc1cccc(NCc2cccc(Br)c2)c1. The highest BCUT2D eigenvalue weighted by molar-refractivity contribution is 9.10. The van der Waals surface area contributed by atoms with E-state index in [4.69, 9.17) is 9.47 Å². The molecule has 0 saturated carbocycles. The van der Waals surface area contributed by atoms with Crippen LogP contribution in [0.15, 0.2) is 53.0 Å². The van der Waals surface area contributed by atoms with E-state index in [1.165, 1.54) is 5.56 Å². The molecule has 0 unspecified atom stereocenters. The summed E-state index contributed by atoms with van der Waals surface area (Å²) in [6.45, 7) is 1.93. The van der Waals surface area contributed by atoms with Crippen molar-refractivity contribution in [1.29, 1.82) is 0 Å². The highest BCUT2D eigenvalue weighted by Gasteiger charge is 1.98. The van der Waals surface area contributed by atoms with Crippen molar-refractivity contribution in [3.63, 3.8) is 0 Å². The van der Waals surface area contributed by atoms with Gasteiger partial charge in [0.1, 0.15) is 12.4 Å². The molecule has 0 spiro atoms. The molecule has 106 valence electrons. The van der Waals surface area contributed by atoms with Crippen LogP contribution in [0.3, 0.4) is 0 Å². The Morgan fingerprint density at radius 1 is 1.05 bits per heavy atom. The van der Waals surface area contributed by atoms with E-state index >= 15 is 0 Å². The molecule has 3 nitrogen and oxygen atoms in total. The second-order valence-corrected chi connectivity index (χ2v) is 5.27. The van der Waals surface area contributed by atoms with Gasteiger partial charge in [-0.1, -0.05) is 34.1 Å². The van der Waals surface area contributed by atoms with Gasteiger partial charge in [0.2, 0.25) is 0 Å². The van der Waals surface area contributed by atoms with Gasteiger partial charge in [-0.05, 0) is 29.8 Å². The molecule has 0 saturated heterocycles. The molecule has 0 heterocycles. The van der Waals surface area contributed by atoms with E-state index in [-0.39, 0.29) is 0 Å². The fourth-order valence-corrected chi connectivity index (χ4v) is 2.24. The van der Waals surface area contributed by atoms with Crippen LogP contribution in [0.5, 0.6) is 5.75 Å². The average molecular weight is 336 g/mol. The van der Waals surface area contributed by atoms with E-state index in [0.29, 0.717) is 13.2 Å². The maximum atomic E-state index is 5.59. The van der Waals surface area contributed by atoms with Gasteiger partial charge in [-0.15, -0.1) is 0 Å². The van der Waals surface area contributed by atoms with E-state index in [9.17, 15) is 0 Å². The Balaban J connectivity index is 1.91. The van der Waals surface area contributed by atoms with Crippen LogP contribution < -0.4 is 10.1 Å². The number of ether oxygens (including phenoxy) is 2. The van der Waals surface area contributed by atoms with Gasteiger partial charge in [-0.25, -0.2) is 0 Å². The van der Waals surface area contributed by atoms with Gasteiger partial charge >= 0.3 is 0 Å². The quantitative estimate of drug-likeness (QED) is 0.773.